The van der Waals surface area contributed by atoms with Gasteiger partial charge in [-0.15, -0.1) is 0 Å². The molecule has 18 heavy (non-hydrogen) atoms. The fourth-order valence-corrected chi connectivity index (χ4v) is 5.29. The average molecular weight is 380 g/mol. The predicted octanol–water partition coefficient (Wildman–Crippen LogP) is 3.94. The molecule has 2 N–H and O–H groups in total. The van der Waals surface area contributed by atoms with E-state index in [1.807, 2.05) is 0 Å². The number of nitrogens with one attached hydrogen (secondary N) is 1. The second-order valence-electron chi connectivity index (χ2n) is 4.83. The van der Waals surface area contributed by atoms with Crippen LogP contribution in [0.5, 0.6) is 0 Å². The van der Waals surface area contributed by atoms with Crippen molar-refractivity contribution in [3.63, 3.8) is 0 Å². The van der Waals surface area contributed by atoms with E-state index in [4.69, 9.17) is 23.5 Å². The fourth-order valence-electron chi connectivity index (χ4n) is 1.03. The number of carboxylic acid groups (broad SMARTS) is 1. The molecule has 3 nitrogen and oxygen atoms in total. The number of rotatable bonds is 8. The minimum absolute atomic E-state index is 0.149. The Hall–Kier alpha value is 0.579. The van der Waals surface area contributed by atoms with Crippen molar-refractivity contribution in [3.05, 3.63) is 5.73 Å². The zero-order valence-electron chi connectivity index (χ0n) is 12.1. The Morgan fingerprint density at radius 1 is 1.28 bits per heavy atom. The molecule has 0 aromatic rings. The molecule has 0 bridgehead atoms. The van der Waals surface area contributed by atoms with Crippen LogP contribution in [0, 0.1) is 0 Å². The van der Waals surface area contributed by atoms with Gasteiger partial charge in [-0.1, -0.05) is 19.9 Å². The van der Waals surface area contributed by atoms with Crippen LogP contribution in [-0.4, -0.2) is 43.0 Å². The van der Waals surface area contributed by atoms with Crippen molar-refractivity contribution < 1.29 is 9.90 Å². The summed E-state index contributed by atoms with van der Waals surface area (Å²) in [6.45, 7) is 7.68. The molecule has 0 saturated carbocycles. The molecular formula is C13H27NO2SSn. The Labute approximate surface area is 128 Å². The second-order valence-corrected chi connectivity index (χ2v) is 10.2. The minimum atomic E-state index is -1.20. The molecule has 0 spiro atoms. The summed E-state index contributed by atoms with van der Waals surface area (Å²) >= 11 is 4.86. The summed E-state index contributed by atoms with van der Waals surface area (Å²) < 4.78 is 2.38. The molecule has 0 aromatic heterocycles. The molecule has 0 heterocycles. The predicted molar refractivity (Wildman–Crippen MR) is 82.4 cm³/mol. The van der Waals surface area contributed by atoms with Gasteiger partial charge in [0, 0.05) is 0 Å². The van der Waals surface area contributed by atoms with Gasteiger partial charge in [-0.3, -0.25) is 4.79 Å². The van der Waals surface area contributed by atoms with Crippen LogP contribution in [0.25, 0.3) is 5.73 Å². The molecule has 1 atom stereocenters. The quantitative estimate of drug-likeness (QED) is 0.394. The number of unbranched alkanes of at least 4 members (excludes halogenated alkanes) is 2. The van der Waals surface area contributed by atoms with Gasteiger partial charge in [0.15, 0.2) is 0 Å². The Kier molecular flexibility index (Phi) is 14.6. The number of hydrogen-bond donors (Lipinski definition) is 1. The SMILES string of the molecule is CC(C)([S-])C([NH-])C(=O)O.CCC[CH2][Sn+2][CH2]CCC. The third kappa shape index (κ3) is 14.6. The molecule has 0 fully saturated rings. The second kappa shape index (κ2) is 12.6. The van der Waals surface area contributed by atoms with E-state index in [-0.39, 0.29) is 21.1 Å². The van der Waals surface area contributed by atoms with E-state index in [0.717, 1.165) is 0 Å². The molecule has 106 valence electrons. The fraction of sp³-hybridized carbons (Fsp3) is 0.923. The van der Waals surface area contributed by atoms with Gasteiger partial charge in [0.1, 0.15) is 0 Å². The van der Waals surface area contributed by atoms with Gasteiger partial charge in [-0.2, -0.15) is 4.75 Å². The number of carboxylic acids is 1. The van der Waals surface area contributed by atoms with Crippen molar-refractivity contribution in [2.75, 3.05) is 0 Å². The summed E-state index contributed by atoms with van der Waals surface area (Å²) in [6, 6.07) is -1.20. The van der Waals surface area contributed by atoms with Crippen molar-refractivity contribution in [2.45, 2.75) is 73.0 Å². The molecule has 0 aliphatic carbocycles. The maximum atomic E-state index is 10.1. The molecule has 1 unspecified atom stereocenters. The van der Waals surface area contributed by atoms with Gasteiger partial charge in [-0.25, -0.2) is 0 Å². The van der Waals surface area contributed by atoms with E-state index in [0.29, 0.717) is 0 Å². The van der Waals surface area contributed by atoms with Gasteiger partial charge < -0.3 is 23.5 Å². The van der Waals surface area contributed by atoms with E-state index in [1.54, 1.807) is 22.7 Å². The van der Waals surface area contributed by atoms with Crippen LogP contribution in [0.2, 0.25) is 8.87 Å². The van der Waals surface area contributed by atoms with E-state index in [9.17, 15) is 4.79 Å². The van der Waals surface area contributed by atoms with E-state index < -0.39 is 16.8 Å². The van der Waals surface area contributed by atoms with Crippen molar-refractivity contribution >= 4 is 39.7 Å². The summed E-state index contributed by atoms with van der Waals surface area (Å²) in [4.78, 5) is 10.1. The number of hydrogen-bond acceptors (Lipinski definition) is 2. The summed E-state index contributed by atoms with van der Waals surface area (Å²) in [7, 11) is 0. The maximum absolute atomic E-state index is 10.1. The van der Waals surface area contributed by atoms with Gasteiger partial charge in [0.05, 0.1) is 0 Å². The Bertz CT molecular complexity index is 202. The van der Waals surface area contributed by atoms with Crippen LogP contribution >= 0.6 is 0 Å². The normalized spacial score (nSPS) is 12.1. The first-order valence-electron chi connectivity index (χ1n) is 6.62. The summed E-state index contributed by atoms with van der Waals surface area (Å²) in [5.41, 5.74) is 6.97. The zero-order chi connectivity index (χ0) is 14.6. The average Bonchev–Trinajstić information content (AvgIpc) is 2.27. The number of aliphatic carboxylic acids is 1. The Morgan fingerprint density at radius 3 is 1.83 bits per heavy atom. The van der Waals surface area contributed by atoms with Crippen molar-refractivity contribution in [1.29, 1.82) is 0 Å². The van der Waals surface area contributed by atoms with Crippen LogP contribution in [-0.2, 0) is 17.4 Å². The first kappa shape index (κ1) is 20.9. The molecule has 0 saturated heterocycles. The van der Waals surface area contributed by atoms with E-state index in [2.05, 4.69) is 13.8 Å². The van der Waals surface area contributed by atoms with Crippen molar-refractivity contribution in [2.24, 2.45) is 0 Å². The third-order valence-corrected chi connectivity index (χ3v) is 6.63. The summed E-state index contributed by atoms with van der Waals surface area (Å²) in [5.74, 6) is -1.16. The van der Waals surface area contributed by atoms with E-state index in [1.165, 1.54) is 25.7 Å². The van der Waals surface area contributed by atoms with Crippen LogP contribution in [0.1, 0.15) is 53.4 Å². The van der Waals surface area contributed by atoms with Crippen LogP contribution in [0.4, 0.5) is 0 Å². The molecule has 0 amide bonds. The summed E-state index contributed by atoms with van der Waals surface area (Å²) in [6.07, 6.45) is 5.84. The van der Waals surface area contributed by atoms with Crippen molar-refractivity contribution in [1.82, 2.24) is 0 Å². The first-order chi connectivity index (χ1) is 8.27. The zero-order valence-corrected chi connectivity index (χ0v) is 15.8. The molecule has 5 heteroatoms. The van der Waals surface area contributed by atoms with Crippen LogP contribution in [0.15, 0.2) is 0 Å². The molecule has 0 aromatic carbocycles. The monoisotopic (exact) mass is 381 g/mol. The molecule has 0 radical (unpaired) electrons. The molecule has 0 rings (SSSR count). The van der Waals surface area contributed by atoms with Crippen LogP contribution in [0.3, 0.4) is 0 Å². The van der Waals surface area contributed by atoms with Crippen molar-refractivity contribution in [3.8, 4) is 0 Å². The van der Waals surface area contributed by atoms with Gasteiger partial charge in [0.2, 0.25) is 0 Å². The molecule has 0 aliphatic rings. The summed E-state index contributed by atoms with van der Waals surface area (Å²) in [5, 5.41) is 8.26. The molecule has 0 aliphatic heterocycles. The van der Waals surface area contributed by atoms with Gasteiger partial charge in [0.25, 0.3) is 5.97 Å². The van der Waals surface area contributed by atoms with E-state index >= 15 is 0 Å². The Balaban J connectivity index is 0. The topological polar surface area (TPSA) is 61.1 Å². The standard InChI is InChI=1S/C5H10NO2S.2C4H9.Sn/c1-5(2,9)3(6)4(7)8;2*1-3-4-2;/h3,6,9H,1-2H3,(H,7,8);2*1,3-4H2,2H3;/q-1;;;+2/p-1. The number of carbonyl (C=O) groups is 1. The Morgan fingerprint density at radius 2 is 1.67 bits per heavy atom. The first-order valence-corrected chi connectivity index (χ1v) is 11.1. The molecular weight excluding hydrogens is 353 g/mol. The van der Waals surface area contributed by atoms with Gasteiger partial charge in [-0.05, 0) is 0 Å². The third-order valence-electron chi connectivity index (χ3n) is 2.36. The van der Waals surface area contributed by atoms with Gasteiger partial charge >= 0.3 is 69.5 Å². The van der Waals surface area contributed by atoms with Crippen LogP contribution < -0.4 is 0 Å².